The average Bonchev–Trinajstić information content (AvgIpc) is 2.76. The molecule has 4 nitrogen and oxygen atoms in total. The van der Waals surface area contributed by atoms with E-state index in [1.807, 2.05) is 0 Å². The monoisotopic (exact) mass is 424 g/mol. The zero-order valence-electron chi connectivity index (χ0n) is 11.3. The lowest BCUT2D eigenvalue weighted by Gasteiger charge is -2.19. The van der Waals surface area contributed by atoms with Gasteiger partial charge in [0, 0.05) is 27.7 Å². The Balaban J connectivity index is 2.33. The molecule has 1 atom stereocenters. The molecule has 0 radical (unpaired) electrons. The van der Waals surface area contributed by atoms with Crippen molar-refractivity contribution in [3.05, 3.63) is 21.1 Å². The van der Waals surface area contributed by atoms with Gasteiger partial charge in [-0.2, -0.15) is 4.31 Å². The lowest BCUT2D eigenvalue weighted by atomic mass is 10.0. The Morgan fingerprint density at radius 3 is 2.50 bits per heavy atom. The van der Waals surface area contributed by atoms with Gasteiger partial charge in [-0.15, -0.1) is 0 Å². The fourth-order valence-corrected chi connectivity index (χ4v) is 6.69. The molecular weight excluding hydrogens is 408 g/mol. The maximum absolute atomic E-state index is 12.8. The molecule has 1 heterocycles. The summed E-state index contributed by atoms with van der Waals surface area (Å²) in [4.78, 5) is 0.267. The van der Waals surface area contributed by atoms with Crippen LogP contribution in [0.1, 0.15) is 26.2 Å². The summed E-state index contributed by atoms with van der Waals surface area (Å²) in [6.07, 6.45) is 3.11. The van der Waals surface area contributed by atoms with Gasteiger partial charge in [0.15, 0.2) is 0 Å². The maximum Gasteiger partial charge on any atom is 0.245 e. The molecule has 20 heavy (non-hydrogen) atoms. The first-order chi connectivity index (χ1) is 9.36. The Labute approximate surface area is 137 Å². The molecule has 7 heteroatoms. The predicted molar refractivity (Wildman–Crippen MR) is 88.0 cm³/mol. The third kappa shape index (κ3) is 3.21. The third-order valence-electron chi connectivity index (χ3n) is 3.56. The molecule has 0 amide bonds. The number of sulfonamides is 1. The number of hydrogen-bond acceptors (Lipinski definition) is 3. The molecule has 1 aromatic rings. The van der Waals surface area contributed by atoms with E-state index in [2.05, 4.69) is 38.8 Å². The second-order valence-electron chi connectivity index (χ2n) is 5.12. The molecule has 1 aromatic carbocycles. The van der Waals surface area contributed by atoms with E-state index in [-0.39, 0.29) is 4.90 Å². The molecule has 0 aliphatic carbocycles. The topological polar surface area (TPSA) is 63.4 Å². The molecule has 1 aliphatic heterocycles. The van der Waals surface area contributed by atoms with Crippen LogP contribution in [0.3, 0.4) is 0 Å². The molecule has 112 valence electrons. The van der Waals surface area contributed by atoms with Crippen molar-refractivity contribution >= 4 is 47.6 Å². The minimum atomic E-state index is -3.48. The van der Waals surface area contributed by atoms with Gasteiger partial charge in [-0.05, 0) is 62.8 Å². The smallest absolute Gasteiger partial charge is 0.245 e. The first-order valence-electron chi connectivity index (χ1n) is 6.61. The minimum absolute atomic E-state index is 0.267. The van der Waals surface area contributed by atoms with Crippen molar-refractivity contribution < 1.29 is 8.42 Å². The summed E-state index contributed by atoms with van der Waals surface area (Å²) < 4.78 is 28.1. The summed E-state index contributed by atoms with van der Waals surface area (Å²) in [6, 6.07) is 3.24. The van der Waals surface area contributed by atoms with Crippen LogP contribution >= 0.6 is 31.9 Å². The zero-order valence-corrected chi connectivity index (χ0v) is 15.3. The number of nitrogens with zero attached hydrogens (tertiary/aromatic N) is 1. The summed E-state index contributed by atoms with van der Waals surface area (Å²) in [5.41, 5.74) is 6.24. The number of anilines is 1. The number of benzene rings is 1. The van der Waals surface area contributed by atoms with Gasteiger partial charge in [0.2, 0.25) is 10.0 Å². The summed E-state index contributed by atoms with van der Waals surface area (Å²) in [5, 5.41) is 0. The Kier molecular flexibility index (Phi) is 5.15. The highest BCUT2D eigenvalue weighted by Crippen LogP contribution is 2.36. The van der Waals surface area contributed by atoms with Gasteiger partial charge in [0.25, 0.3) is 0 Å². The van der Waals surface area contributed by atoms with Crippen LogP contribution in [0.4, 0.5) is 5.69 Å². The van der Waals surface area contributed by atoms with Gasteiger partial charge >= 0.3 is 0 Å². The molecular formula is C13H18Br2N2O2S. The molecule has 2 N–H and O–H groups in total. The molecule has 0 spiro atoms. The number of nitrogens with two attached hydrogens (primary N) is 1. The van der Waals surface area contributed by atoms with E-state index in [4.69, 9.17) is 5.73 Å². The summed E-state index contributed by atoms with van der Waals surface area (Å²) >= 11 is 6.62. The van der Waals surface area contributed by atoms with Crippen LogP contribution < -0.4 is 5.73 Å². The molecule has 1 saturated heterocycles. The van der Waals surface area contributed by atoms with E-state index in [1.165, 1.54) is 0 Å². The first-order valence-corrected chi connectivity index (χ1v) is 9.63. The second kappa shape index (κ2) is 6.34. The highest BCUT2D eigenvalue weighted by molar-refractivity contribution is 9.11. The standard InChI is InChI=1S/C13H18Br2N2O2S/c1-2-3-9-4-5-17(8-9)20(18,19)13-11(14)6-10(16)7-12(13)15/h6-7,9H,2-5,8,16H2,1H3. The number of rotatable bonds is 4. The average molecular weight is 426 g/mol. The van der Waals surface area contributed by atoms with Crippen LogP contribution in [-0.4, -0.2) is 25.8 Å². The first kappa shape index (κ1) is 16.3. The molecule has 1 fully saturated rings. The predicted octanol–water partition coefficient (Wildman–Crippen LogP) is 3.60. The number of halogens is 2. The molecule has 0 bridgehead atoms. The zero-order chi connectivity index (χ0) is 14.9. The lowest BCUT2D eigenvalue weighted by molar-refractivity contribution is 0.444. The molecule has 0 saturated carbocycles. The van der Waals surface area contributed by atoms with Crippen LogP contribution in [0.5, 0.6) is 0 Å². The molecule has 1 aliphatic rings. The van der Waals surface area contributed by atoms with Crippen LogP contribution in [0.2, 0.25) is 0 Å². The normalized spacial score (nSPS) is 20.4. The maximum atomic E-state index is 12.8. The van der Waals surface area contributed by atoms with Crippen LogP contribution in [-0.2, 0) is 10.0 Å². The lowest BCUT2D eigenvalue weighted by Crippen LogP contribution is -2.29. The van der Waals surface area contributed by atoms with Gasteiger partial charge < -0.3 is 5.73 Å². The Morgan fingerprint density at radius 2 is 1.95 bits per heavy atom. The van der Waals surface area contributed by atoms with Crippen LogP contribution in [0.25, 0.3) is 0 Å². The Hall–Kier alpha value is -0.110. The summed E-state index contributed by atoms with van der Waals surface area (Å²) in [5.74, 6) is 0.473. The molecule has 1 unspecified atom stereocenters. The van der Waals surface area contributed by atoms with Crippen molar-refractivity contribution in [2.45, 2.75) is 31.1 Å². The molecule has 2 rings (SSSR count). The van der Waals surface area contributed by atoms with Crippen molar-refractivity contribution in [1.29, 1.82) is 0 Å². The van der Waals surface area contributed by atoms with Crippen molar-refractivity contribution in [3.63, 3.8) is 0 Å². The quantitative estimate of drug-likeness (QED) is 0.749. The van der Waals surface area contributed by atoms with Crippen molar-refractivity contribution in [2.75, 3.05) is 18.8 Å². The van der Waals surface area contributed by atoms with E-state index >= 15 is 0 Å². The van der Waals surface area contributed by atoms with Gasteiger partial charge in [0.1, 0.15) is 4.90 Å². The van der Waals surface area contributed by atoms with Gasteiger partial charge in [-0.1, -0.05) is 13.3 Å². The fraction of sp³-hybridized carbons (Fsp3) is 0.538. The SMILES string of the molecule is CCCC1CCN(S(=O)(=O)c2c(Br)cc(N)cc2Br)C1. The highest BCUT2D eigenvalue weighted by atomic mass is 79.9. The number of hydrogen-bond donors (Lipinski definition) is 1. The Bertz CT molecular complexity index is 581. The highest BCUT2D eigenvalue weighted by Gasteiger charge is 2.34. The third-order valence-corrected chi connectivity index (χ3v) is 7.31. The van der Waals surface area contributed by atoms with Gasteiger partial charge in [-0.3, -0.25) is 0 Å². The summed E-state index contributed by atoms with van der Waals surface area (Å²) in [6.45, 7) is 3.33. The minimum Gasteiger partial charge on any atom is -0.399 e. The van der Waals surface area contributed by atoms with Crippen LogP contribution in [0.15, 0.2) is 26.0 Å². The van der Waals surface area contributed by atoms with E-state index < -0.39 is 10.0 Å². The van der Waals surface area contributed by atoms with Crippen molar-refractivity contribution in [1.82, 2.24) is 4.31 Å². The Morgan fingerprint density at radius 1 is 1.35 bits per heavy atom. The van der Waals surface area contributed by atoms with E-state index in [0.717, 1.165) is 19.3 Å². The van der Waals surface area contributed by atoms with Crippen LogP contribution in [0, 0.1) is 5.92 Å². The van der Waals surface area contributed by atoms with E-state index in [9.17, 15) is 8.42 Å². The van der Waals surface area contributed by atoms with E-state index in [0.29, 0.717) is 33.6 Å². The van der Waals surface area contributed by atoms with E-state index in [1.54, 1.807) is 16.4 Å². The van der Waals surface area contributed by atoms with Gasteiger partial charge in [0.05, 0.1) is 0 Å². The van der Waals surface area contributed by atoms with Gasteiger partial charge in [-0.25, -0.2) is 8.42 Å². The van der Waals surface area contributed by atoms with Crippen molar-refractivity contribution in [3.8, 4) is 0 Å². The largest absolute Gasteiger partial charge is 0.399 e. The number of nitrogen functional groups attached to an aromatic ring is 1. The summed E-state index contributed by atoms with van der Waals surface area (Å²) in [7, 11) is -3.48. The molecule has 0 aromatic heterocycles. The fourth-order valence-electron chi connectivity index (χ4n) is 2.61. The van der Waals surface area contributed by atoms with Crippen molar-refractivity contribution in [2.24, 2.45) is 5.92 Å². The second-order valence-corrected chi connectivity index (χ2v) is 8.70.